The van der Waals surface area contributed by atoms with Crippen LogP contribution in [-0.4, -0.2) is 4.98 Å². The van der Waals surface area contributed by atoms with E-state index in [9.17, 15) is 0 Å². The Balaban J connectivity index is 2.07. The lowest BCUT2D eigenvalue weighted by molar-refractivity contribution is 1.14. The Morgan fingerprint density at radius 1 is 1.50 bits per heavy atom. The summed E-state index contributed by atoms with van der Waals surface area (Å²) in [7, 11) is 0. The molecule has 0 amide bonds. The van der Waals surface area contributed by atoms with Gasteiger partial charge in [-0.3, -0.25) is 0 Å². The first-order valence-electron chi connectivity index (χ1n) is 4.54. The van der Waals surface area contributed by atoms with E-state index in [1.807, 2.05) is 11.4 Å². The number of nitrogen functional groups attached to an aromatic ring is 1. The summed E-state index contributed by atoms with van der Waals surface area (Å²) in [5, 5.41) is 5.60. The molecule has 0 aliphatic carbocycles. The predicted molar refractivity (Wildman–Crippen MR) is 73.0 cm³/mol. The highest BCUT2D eigenvalue weighted by molar-refractivity contribution is 9.10. The summed E-state index contributed by atoms with van der Waals surface area (Å²) in [4.78, 5) is 5.34. The van der Waals surface area contributed by atoms with Crippen molar-refractivity contribution in [1.82, 2.24) is 4.98 Å². The number of hydrogen-bond donors (Lipinski definition) is 2. The van der Waals surface area contributed by atoms with E-state index >= 15 is 0 Å². The number of nitrogens with two attached hydrogens (primary N) is 1. The van der Waals surface area contributed by atoms with Crippen LogP contribution in [0.3, 0.4) is 0 Å². The molecule has 0 spiro atoms. The van der Waals surface area contributed by atoms with Crippen molar-refractivity contribution in [2.45, 2.75) is 6.54 Å². The maximum atomic E-state index is 5.80. The van der Waals surface area contributed by atoms with E-state index in [1.54, 1.807) is 23.5 Å². The Hall–Kier alpha value is -0.780. The summed E-state index contributed by atoms with van der Waals surface area (Å²) in [5.41, 5.74) is 6.27. The first kappa shape index (κ1) is 11.7. The highest BCUT2D eigenvalue weighted by atomic mass is 79.9. The number of rotatable bonds is 3. The van der Waals surface area contributed by atoms with E-state index in [1.165, 1.54) is 4.88 Å². The number of nitrogens with one attached hydrogen (secondary N) is 1. The molecular weight excluding hydrogens is 310 g/mol. The summed E-state index contributed by atoms with van der Waals surface area (Å²) in [6.07, 6.45) is 0. The normalized spacial score (nSPS) is 10.4. The van der Waals surface area contributed by atoms with E-state index < -0.39 is 0 Å². The van der Waals surface area contributed by atoms with Gasteiger partial charge in [0.15, 0.2) is 0 Å². The molecule has 84 valence electrons. The molecule has 0 bridgehead atoms. The SMILES string of the molecule is Nc1cc(Cl)nc(NCc2sccc2Br)c1. The van der Waals surface area contributed by atoms with E-state index in [0.29, 0.717) is 23.2 Å². The third kappa shape index (κ3) is 2.87. The fraction of sp³-hybridized carbons (Fsp3) is 0.100. The Kier molecular flexibility index (Phi) is 3.68. The quantitative estimate of drug-likeness (QED) is 0.847. The zero-order chi connectivity index (χ0) is 11.5. The second-order valence-corrected chi connectivity index (χ2v) is 5.40. The van der Waals surface area contributed by atoms with E-state index in [2.05, 4.69) is 26.2 Å². The molecule has 0 atom stereocenters. The second kappa shape index (κ2) is 5.03. The van der Waals surface area contributed by atoms with Gasteiger partial charge in [0.25, 0.3) is 0 Å². The lowest BCUT2D eigenvalue weighted by atomic mass is 10.4. The zero-order valence-corrected chi connectivity index (χ0v) is 11.4. The maximum absolute atomic E-state index is 5.80. The lowest BCUT2D eigenvalue weighted by Gasteiger charge is -2.05. The summed E-state index contributed by atoms with van der Waals surface area (Å²) in [5.74, 6) is 0.685. The van der Waals surface area contributed by atoms with Crippen molar-refractivity contribution in [3.63, 3.8) is 0 Å². The molecule has 0 aliphatic heterocycles. The Bertz CT molecular complexity index is 480. The first-order valence-corrected chi connectivity index (χ1v) is 6.59. The number of aromatic nitrogens is 1. The van der Waals surface area contributed by atoms with Crippen molar-refractivity contribution in [3.05, 3.63) is 38.1 Å². The van der Waals surface area contributed by atoms with E-state index in [0.717, 1.165) is 4.47 Å². The lowest BCUT2D eigenvalue weighted by Crippen LogP contribution is -2.01. The minimum absolute atomic E-state index is 0.396. The standard InChI is InChI=1S/C10H9BrClN3S/c11-7-1-2-16-8(7)5-14-10-4-6(13)3-9(12)15-10/h1-4H,5H2,(H3,13,14,15). The van der Waals surface area contributed by atoms with Crippen LogP contribution in [0, 0.1) is 0 Å². The van der Waals surface area contributed by atoms with Crippen molar-refractivity contribution >= 4 is 50.4 Å². The molecule has 0 saturated heterocycles. The van der Waals surface area contributed by atoms with Crippen molar-refractivity contribution in [2.75, 3.05) is 11.1 Å². The third-order valence-electron chi connectivity index (χ3n) is 1.94. The molecule has 3 N–H and O–H groups in total. The van der Waals surface area contributed by atoms with Gasteiger partial charge in [0.1, 0.15) is 11.0 Å². The van der Waals surface area contributed by atoms with Gasteiger partial charge in [0.2, 0.25) is 0 Å². The summed E-state index contributed by atoms with van der Waals surface area (Å²) >= 11 is 10.9. The zero-order valence-electron chi connectivity index (χ0n) is 8.21. The number of halogens is 2. The van der Waals surface area contributed by atoms with Crippen LogP contribution < -0.4 is 11.1 Å². The molecule has 16 heavy (non-hydrogen) atoms. The molecule has 6 heteroatoms. The van der Waals surface area contributed by atoms with Crippen LogP contribution >= 0.6 is 38.9 Å². The summed E-state index contributed by atoms with van der Waals surface area (Å²) in [6, 6.07) is 5.39. The van der Waals surface area contributed by atoms with Gasteiger partial charge in [-0.2, -0.15) is 0 Å². The van der Waals surface area contributed by atoms with Crippen molar-refractivity contribution in [3.8, 4) is 0 Å². The third-order valence-corrected chi connectivity index (χ3v) is 4.06. The van der Waals surface area contributed by atoms with Gasteiger partial charge < -0.3 is 11.1 Å². The van der Waals surface area contributed by atoms with Gasteiger partial charge in [0, 0.05) is 21.1 Å². The average molecular weight is 319 g/mol. The van der Waals surface area contributed by atoms with Crippen molar-refractivity contribution in [2.24, 2.45) is 0 Å². The fourth-order valence-corrected chi connectivity index (χ4v) is 2.88. The monoisotopic (exact) mass is 317 g/mol. The molecule has 0 aliphatic rings. The highest BCUT2D eigenvalue weighted by Crippen LogP contribution is 2.24. The van der Waals surface area contributed by atoms with Crippen LogP contribution in [0.5, 0.6) is 0 Å². The van der Waals surface area contributed by atoms with Gasteiger partial charge in [-0.05, 0) is 33.4 Å². The molecule has 0 aromatic carbocycles. The molecule has 2 aromatic heterocycles. The van der Waals surface area contributed by atoms with E-state index in [4.69, 9.17) is 17.3 Å². The smallest absolute Gasteiger partial charge is 0.133 e. The van der Waals surface area contributed by atoms with Gasteiger partial charge >= 0.3 is 0 Å². The van der Waals surface area contributed by atoms with Gasteiger partial charge in [-0.1, -0.05) is 11.6 Å². The average Bonchev–Trinajstić information content (AvgIpc) is 2.59. The number of hydrogen-bond acceptors (Lipinski definition) is 4. The molecule has 2 heterocycles. The molecule has 2 rings (SSSR count). The summed E-state index contributed by atoms with van der Waals surface area (Å²) < 4.78 is 1.10. The first-order chi connectivity index (χ1) is 7.65. The topological polar surface area (TPSA) is 50.9 Å². The number of nitrogens with zero attached hydrogens (tertiary/aromatic N) is 1. The molecule has 3 nitrogen and oxygen atoms in total. The Labute approximate surface area is 111 Å². The number of thiophene rings is 1. The Morgan fingerprint density at radius 2 is 2.31 bits per heavy atom. The van der Waals surface area contributed by atoms with Crippen LogP contribution in [0.25, 0.3) is 0 Å². The second-order valence-electron chi connectivity index (χ2n) is 3.15. The minimum atomic E-state index is 0.396. The van der Waals surface area contributed by atoms with Crippen LogP contribution in [0.1, 0.15) is 4.88 Å². The minimum Gasteiger partial charge on any atom is -0.399 e. The van der Waals surface area contributed by atoms with Crippen LogP contribution in [0.15, 0.2) is 28.1 Å². The van der Waals surface area contributed by atoms with Gasteiger partial charge in [0.05, 0.1) is 6.54 Å². The maximum Gasteiger partial charge on any atom is 0.133 e. The molecule has 0 radical (unpaired) electrons. The largest absolute Gasteiger partial charge is 0.399 e. The van der Waals surface area contributed by atoms with Crippen LogP contribution in [0.4, 0.5) is 11.5 Å². The fourth-order valence-electron chi connectivity index (χ4n) is 1.23. The highest BCUT2D eigenvalue weighted by Gasteiger charge is 2.02. The predicted octanol–water partition coefficient (Wildman–Crippen LogP) is 3.75. The van der Waals surface area contributed by atoms with Gasteiger partial charge in [-0.15, -0.1) is 11.3 Å². The molecule has 0 saturated carbocycles. The summed E-state index contributed by atoms with van der Waals surface area (Å²) in [6.45, 7) is 0.699. The Morgan fingerprint density at radius 3 is 2.94 bits per heavy atom. The van der Waals surface area contributed by atoms with Crippen LogP contribution in [0.2, 0.25) is 5.15 Å². The molecule has 2 aromatic rings. The molecule has 0 fully saturated rings. The van der Waals surface area contributed by atoms with Crippen molar-refractivity contribution in [1.29, 1.82) is 0 Å². The van der Waals surface area contributed by atoms with Crippen molar-refractivity contribution < 1.29 is 0 Å². The molecular formula is C10H9BrClN3S. The van der Waals surface area contributed by atoms with Crippen LogP contribution in [-0.2, 0) is 6.54 Å². The number of pyridine rings is 1. The van der Waals surface area contributed by atoms with E-state index in [-0.39, 0.29) is 0 Å². The number of anilines is 2. The van der Waals surface area contributed by atoms with Gasteiger partial charge in [-0.25, -0.2) is 4.98 Å². The molecule has 0 unspecified atom stereocenters.